The lowest BCUT2D eigenvalue weighted by Gasteiger charge is -1.95. The van der Waals surface area contributed by atoms with E-state index < -0.39 is 0 Å². The molecule has 0 aliphatic carbocycles. The fourth-order valence-electron chi connectivity index (χ4n) is 0.479. The average Bonchev–Trinajstić information content (AvgIpc) is 2.74. The van der Waals surface area contributed by atoms with Crippen molar-refractivity contribution in [3.05, 3.63) is 0 Å². The van der Waals surface area contributed by atoms with Crippen molar-refractivity contribution >= 4 is 0 Å². The van der Waals surface area contributed by atoms with Gasteiger partial charge in [0.1, 0.15) is 0 Å². The van der Waals surface area contributed by atoms with Crippen LogP contribution < -0.4 is 5.32 Å². The Kier molecular flexibility index (Phi) is 969. The first-order valence-electron chi connectivity index (χ1n) is 11.1. The average molecular weight is 342 g/mol. The van der Waals surface area contributed by atoms with Crippen molar-refractivity contribution < 1.29 is 0 Å². The molecule has 0 atom stereocenters. The quantitative estimate of drug-likeness (QED) is 0.502. The minimum absolute atomic E-state index is 1.17. The Hall–Kier alpha value is -0.0400. The highest BCUT2D eigenvalue weighted by Gasteiger charge is 1.76. The molecule has 0 aliphatic rings. The minimum atomic E-state index is 1.17. The minimum Gasteiger partial charge on any atom is -0.317 e. The van der Waals surface area contributed by atoms with E-state index in [4.69, 9.17) is 0 Å². The van der Waals surface area contributed by atoms with Gasteiger partial charge in [-0.15, -0.1) is 0 Å². The molecule has 0 unspecified atom stereocenters. The molecule has 0 aromatic heterocycles. The maximum absolute atomic E-state index is 3.28. The molecule has 0 fully saturated rings. The third-order valence-electron chi connectivity index (χ3n) is 0.854. The van der Waals surface area contributed by atoms with Crippen molar-refractivity contribution in [3.8, 4) is 0 Å². The summed E-state index contributed by atoms with van der Waals surface area (Å²) in [6.45, 7) is 38.7. The summed E-state index contributed by atoms with van der Waals surface area (Å²) in [5, 5.41) is 3.28. The van der Waals surface area contributed by atoms with E-state index in [2.05, 4.69) is 19.2 Å². The summed E-state index contributed by atoms with van der Waals surface area (Å²) in [7, 11) is 0. The van der Waals surface area contributed by atoms with Crippen LogP contribution in [0.5, 0.6) is 0 Å². The molecule has 0 aromatic carbocycles. The zero-order valence-electron chi connectivity index (χ0n) is 21.3. The molecule has 1 N–H and O–H groups in total. The normalized spacial score (nSPS) is 4.96. The lowest BCUT2D eigenvalue weighted by Crippen LogP contribution is -2.14. The van der Waals surface area contributed by atoms with Crippen LogP contribution in [0.1, 0.15) is 137 Å². The predicted octanol–water partition coefficient (Wildman–Crippen LogP) is 9.61. The Morgan fingerprint density at radius 2 is 0.478 bits per heavy atom. The van der Waals surface area contributed by atoms with Crippen molar-refractivity contribution in [2.75, 3.05) is 13.1 Å². The highest BCUT2D eigenvalue weighted by molar-refractivity contribution is 4.39. The van der Waals surface area contributed by atoms with Crippen LogP contribution in [0.25, 0.3) is 0 Å². The van der Waals surface area contributed by atoms with Crippen molar-refractivity contribution in [2.45, 2.75) is 137 Å². The third kappa shape index (κ3) is 558. The smallest absolute Gasteiger partial charge is 0.00516 e. The summed E-state index contributed by atoms with van der Waals surface area (Å²) in [6.07, 6.45) is 2.50. The molecule has 0 saturated heterocycles. The largest absolute Gasteiger partial charge is 0.317 e. The van der Waals surface area contributed by atoms with Crippen LogP contribution in [0.2, 0.25) is 0 Å². The van der Waals surface area contributed by atoms with Crippen molar-refractivity contribution in [1.82, 2.24) is 5.32 Å². The number of hydrogen-bond acceptors (Lipinski definition) is 1. The number of hydrogen-bond donors (Lipinski definition) is 1. The summed E-state index contributed by atoms with van der Waals surface area (Å²) < 4.78 is 0. The van der Waals surface area contributed by atoms with Gasteiger partial charge in [-0.05, 0) is 25.9 Å². The molecule has 156 valence electrons. The molecule has 0 radical (unpaired) electrons. The molecule has 0 heterocycles. The predicted molar refractivity (Wildman–Crippen MR) is 124 cm³/mol. The van der Waals surface area contributed by atoms with E-state index in [1.165, 1.54) is 25.9 Å². The van der Waals surface area contributed by atoms with Crippen LogP contribution in [0.15, 0.2) is 0 Å². The van der Waals surface area contributed by atoms with Crippen LogP contribution in [0.3, 0.4) is 0 Å². The molecule has 1 heteroatoms. The molecule has 0 bridgehead atoms. The molecule has 0 spiro atoms. The second kappa shape index (κ2) is 392. The Labute approximate surface area is 156 Å². The molecule has 1 nitrogen and oxygen atoms in total. The monoisotopic (exact) mass is 341 g/mol. The molecular formula is C22H63N. The van der Waals surface area contributed by atoms with Crippen LogP contribution in [-0.4, -0.2) is 13.1 Å². The molecule has 0 aliphatic heterocycles. The van der Waals surface area contributed by atoms with Crippen LogP contribution >= 0.6 is 0 Å². The SMILES string of the molecule is CC.CC.CC.CC.CC.CC.CC.CC.CCCNCCC. The van der Waals surface area contributed by atoms with Gasteiger partial charge in [0, 0.05) is 0 Å². The zero-order chi connectivity index (χ0) is 21.5. The van der Waals surface area contributed by atoms with Crippen LogP contribution in [0, 0.1) is 0 Å². The summed E-state index contributed by atoms with van der Waals surface area (Å²) in [4.78, 5) is 0. The summed E-state index contributed by atoms with van der Waals surface area (Å²) >= 11 is 0. The van der Waals surface area contributed by atoms with Gasteiger partial charge in [0.05, 0.1) is 0 Å². The van der Waals surface area contributed by atoms with Gasteiger partial charge >= 0.3 is 0 Å². The Morgan fingerprint density at radius 3 is 0.565 bits per heavy atom. The maximum atomic E-state index is 3.28. The van der Waals surface area contributed by atoms with Gasteiger partial charge in [-0.2, -0.15) is 0 Å². The Bertz CT molecular complexity index is 25.2. The summed E-state index contributed by atoms with van der Waals surface area (Å²) in [5.74, 6) is 0. The summed E-state index contributed by atoms with van der Waals surface area (Å²) in [6, 6.07) is 0. The van der Waals surface area contributed by atoms with E-state index in [9.17, 15) is 0 Å². The molecule has 23 heavy (non-hydrogen) atoms. The number of nitrogens with one attached hydrogen (secondary N) is 1. The molecular weight excluding hydrogens is 278 g/mol. The van der Waals surface area contributed by atoms with Crippen molar-refractivity contribution in [2.24, 2.45) is 0 Å². The highest BCUT2D eigenvalue weighted by Crippen LogP contribution is 1.71. The van der Waals surface area contributed by atoms with E-state index in [0.717, 1.165) is 0 Å². The molecule has 0 saturated carbocycles. The lowest BCUT2D eigenvalue weighted by molar-refractivity contribution is 0.662. The topological polar surface area (TPSA) is 12.0 Å². The molecule has 0 aromatic rings. The van der Waals surface area contributed by atoms with Crippen molar-refractivity contribution in [1.29, 1.82) is 0 Å². The fourth-order valence-corrected chi connectivity index (χ4v) is 0.479. The van der Waals surface area contributed by atoms with E-state index in [1.54, 1.807) is 0 Å². The van der Waals surface area contributed by atoms with Gasteiger partial charge in [-0.25, -0.2) is 0 Å². The van der Waals surface area contributed by atoms with Gasteiger partial charge in [-0.3, -0.25) is 0 Å². The molecule has 0 rings (SSSR count). The molecule has 0 amide bonds. The standard InChI is InChI=1S/C6H15N.8C2H6/c1-3-5-7-6-4-2;8*1-2/h7H,3-6H2,1-2H3;8*1-2H3. The van der Waals surface area contributed by atoms with Gasteiger partial charge in [0.25, 0.3) is 0 Å². The van der Waals surface area contributed by atoms with Crippen LogP contribution in [0.4, 0.5) is 0 Å². The third-order valence-corrected chi connectivity index (χ3v) is 0.854. The first kappa shape index (κ1) is 56.8. The van der Waals surface area contributed by atoms with E-state index in [-0.39, 0.29) is 0 Å². The first-order valence-corrected chi connectivity index (χ1v) is 11.1. The lowest BCUT2D eigenvalue weighted by atomic mass is 10.4. The van der Waals surface area contributed by atoms with Gasteiger partial charge in [-0.1, -0.05) is 125 Å². The van der Waals surface area contributed by atoms with E-state index in [0.29, 0.717) is 0 Å². The Balaban J connectivity index is -0.0000000151. The van der Waals surface area contributed by atoms with Gasteiger partial charge in [0.2, 0.25) is 0 Å². The number of rotatable bonds is 4. The van der Waals surface area contributed by atoms with Gasteiger partial charge in [0.15, 0.2) is 0 Å². The fraction of sp³-hybridized carbons (Fsp3) is 1.00. The van der Waals surface area contributed by atoms with Crippen molar-refractivity contribution in [3.63, 3.8) is 0 Å². The second-order valence-corrected chi connectivity index (χ2v) is 1.75. The Morgan fingerprint density at radius 1 is 0.348 bits per heavy atom. The maximum Gasteiger partial charge on any atom is -0.00516 e. The second-order valence-electron chi connectivity index (χ2n) is 1.75. The van der Waals surface area contributed by atoms with E-state index >= 15 is 0 Å². The van der Waals surface area contributed by atoms with Crippen LogP contribution in [-0.2, 0) is 0 Å². The van der Waals surface area contributed by atoms with E-state index in [1.807, 2.05) is 111 Å². The zero-order valence-corrected chi connectivity index (χ0v) is 21.3. The van der Waals surface area contributed by atoms with Gasteiger partial charge < -0.3 is 5.32 Å². The first-order chi connectivity index (χ1) is 11.4. The summed E-state index contributed by atoms with van der Waals surface area (Å²) in [5.41, 5.74) is 0. The highest BCUT2D eigenvalue weighted by atomic mass is 14.8.